The summed E-state index contributed by atoms with van der Waals surface area (Å²) in [5.74, 6) is -0.909. The lowest BCUT2D eigenvalue weighted by Crippen LogP contribution is -2.41. The average Bonchev–Trinajstić information content (AvgIpc) is 2.58. The van der Waals surface area contributed by atoms with Crippen molar-refractivity contribution in [2.45, 2.75) is 12.0 Å². The Morgan fingerprint density at radius 1 is 1.13 bits per heavy atom. The van der Waals surface area contributed by atoms with Crippen molar-refractivity contribution < 1.29 is 14.6 Å². The zero-order valence-electron chi connectivity index (χ0n) is 12.6. The van der Waals surface area contributed by atoms with Crippen molar-refractivity contribution in [2.24, 2.45) is 0 Å². The quantitative estimate of drug-likeness (QED) is 0.688. The molecule has 0 spiro atoms. The zero-order chi connectivity index (χ0) is 16.2. The standard InChI is InChI=1S/C18H18ClNO3/c19-17-12-23-10-9-20(17)11-13-1-3-14(4-2-13)15-5-7-16(8-6-15)18(21)22/h1-8,17H,9-12H2,(H,21,22). The molecule has 1 N–H and O–H groups in total. The molecule has 3 rings (SSSR count). The maximum Gasteiger partial charge on any atom is 0.335 e. The zero-order valence-corrected chi connectivity index (χ0v) is 13.4. The maximum absolute atomic E-state index is 10.9. The number of nitrogens with zero attached hydrogens (tertiary/aromatic N) is 1. The first-order valence-electron chi connectivity index (χ1n) is 7.52. The van der Waals surface area contributed by atoms with E-state index in [0.29, 0.717) is 12.2 Å². The van der Waals surface area contributed by atoms with E-state index in [1.54, 1.807) is 12.1 Å². The summed E-state index contributed by atoms with van der Waals surface area (Å²) in [7, 11) is 0. The van der Waals surface area contributed by atoms with Gasteiger partial charge in [-0.25, -0.2) is 4.79 Å². The third kappa shape index (κ3) is 3.91. The van der Waals surface area contributed by atoms with Gasteiger partial charge in [-0.1, -0.05) is 36.4 Å². The predicted molar refractivity (Wildman–Crippen MR) is 89.7 cm³/mol. The van der Waals surface area contributed by atoms with Crippen molar-refractivity contribution >= 4 is 17.6 Å². The molecular formula is C18H18ClNO3. The molecule has 1 saturated heterocycles. The number of carbonyl (C=O) groups is 1. The number of aromatic carboxylic acids is 1. The van der Waals surface area contributed by atoms with Gasteiger partial charge in [0, 0.05) is 13.1 Å². The van der Waals surface area contributed by atoms with Gasteiger partial charge in [0.1, 0.15) is 5.50 Å². The van der Waals surface area contributed by atoms with Crippen molar-refractivity contribution in [1.82, 2.24) is 4.90 Å². The average molecular weight is 332 g/mol. The number of benzene rings is 2. The molecule has 0 radical (unpaired) electrons. The fraction of sp³-hybridized carbons (Fsp3) is 0.278. The Morgan fingerprint density at radius 3 is 2.30 bits per heavy atom. The van der Waals surface area contributed by atoms with Gasteiger partial charge in [0.05, 0.1) is 18.8 Å². The number of carboxylic acids is 1. The van der Waals surface area contributed by atoms with Crippen LogP contribution in [-0.4, -0.2) is 41.2 Å². The van der Waals surface area contributed by atoms with Crippen molar-refractivity contribution in [3.05, 3.63) is 59.7 Å². The van der Waals surface area contributed by atoms with Crippen LogP contribution in [0.1, 0.15) is 15.9 Å². The minimum atomic E-state index is -0.909. The molecule has 120 valence electrons. The summed E-state index contributed by atoms with van der Waals surface area (Å²) >= 11 is 6.25. The fourth-order valence-corrected chi connectivity index (χ4v) is 2.88. The van der Waals surface area contributed by atoms with Crippen molar-refractivity contribution in [3.8, 4) is 11.1 Å². The molecular weight excluding hydrogens is 314 g/mol. The van der Waals surface area contributed by atoms with E-state index in [-0.39, 0.29) is 5.50 Å². The second kappa shape index (κ2) is 7.13. The van der Waals surface area contributed by atoms with E-state index in [0.717, 1.165) is 30.8 Å². The molecule has 5 heteroatoms. The van der Waals surface area contributed by atoms with E-state index in [2.05, 4.69) is 29.2 Å². The third-order valence-electron chi connectivity index (χ3n) is 3.98. The van der Waals surface area contributed by atoms with E-state index in [4.69, 9.17) is 21.4 Å². The first kappa shape index (κ1) is 16.0. The molecule has 1 atom stereocenters. The molecule has 0 amide bonds. The lowest BCUT2D eigenvalue weighted by atomic mass is 10.0. The number of morpholine rings is 1. The Balaban J connectivity index is 1.70. The van der Waals surface area contributed by atoms with Crippen molar-refractivity contribution in [3.63, 3.8) is 0 Å². The number of ether oxygens (including phenoxy) is 1. The molecule has 23 heavy (non-hydrogen) atoms. The smallest absolute Gasteiger partial charge is 0.335 e. The molecule has 0 aromatic heterocycles. The molecule has 4 nitrogen and oxygen atoms in total. The van der Waals surface area contributed by atoms with E-state index >= 15 is 0 Å². The van der Waals surface area contributed by atoms with E-state index in [1.807, 2.05) is 12.1 Å². The summed E-state index contributed by atoms with van der Waals surface area (Å²) in [4.78, 5) is 13.1. The van der Waals surface area contributed by atoms with Crippen LogP contribution in [0.15, 0.2) is 48.5 Å². The van der Waals surface area contributed by atoms with Gasteiger partial charge in [-0.3, -0.25) is 4.90 Å². The minimum absolute atomic E-state index is 0.0769. The lowest BCUT2D eigenvalue weighted by molar-refractivity contribution is 0.0182. The molecule has 1 fully saturated rings. The largest absolute Gasteiger partial charge is 0.478 e. The second-order valence-corrected chi connectivity index (χ2v) is 6.06. The summed E-state index contributed by atoms with van der Waals surface area (Å²) in [5, 5.41) is 8.94. The Morgan fingerprint density at radius 2 is 1.74 bits per heavy atom. The van der Waals surface area contributed by atoms with Gasteiger partial charge < -0.3 is 9.84 Å². The molecule has 1 unspecified atom stereocenters. The first-order valence-corrected chi connectivity index (χ1v) is 7.95. The number of alkyl halides is 1. The highest BCUT2D eigenvalue weighted by atomic mass is 35.5. The highest BCUT2D eigenvalue weighted by Gasteiger charge is 2.20. The Kier molecular flexibility index (Phi) is 4.96. The van der Waals surface area contributed by atoms with E-state index in [9.17, 15) is 4.79 Å². The monoisotopic (exact) mass is 331 g/mol. The summed E-state index contributed by atoms with van der Waals surface area (Å²) < 4.78 is 5.34. The van der Waals surface area contributed by atoms with Gasteiger partial charge in [-0.15, -0.1) is 11.6 Å². The normalized spacial score (nSPS) is 18.7. The summed E-state index contributed by atoms with van der Waals surface area (Å²) in [5.41, 5.74) is 3.49. The number of carboxylic acid groups (broad SMARTS) is 1. The minimum Gasteiger partial charge on any atom is -0.478 e. The SMILES string of the molecule is O=C(O)c1ccc(-c2ccc(CN3CCOCC3Cl)cc2)cc1. The fourth-order valence-electron chi connectivity index (χ4n) is 2.63. The number of hydrogen-bond donors (Lipinski definition) is 1. The first-order chi connectivity index (χ1) is 11.1. The lowest BCUT2D eigenvalue weighted by Gasteiger charge is -2.31. The number of hydrogen-bond acceptors (Lipinski definition) is 3. The van der Waals surface area contributed by atoms with Gasteiger partial charge in [0.2, 0.25) is 0 Å². The van der Waals surface area contributed by atoms with Crippen LogP contribution in [0, 0.1) is 0 Å². The highest BCUT2D eigenvalue weighted by molar-refractivity contribution is 6.20. The van der Waals surface area contributed by atoms with Crippen LogP contribution < -0.4 is 0 Å². The molecule has 1 aliphatic heterocycles. The molecule has 2 aromatic carbocycles. The molecule has 0 bridgehead atoms. The van der Waals surface area contributed by atoms with Gasteiger partial charge >= 0.3 is 5.97 Å². The van der Waals surface area contributed by atoms with Crippen LogP contribution in [-0.2, 0) is 11.3 Å². The number of halogens is 1. The van der Waals surface area contributed by atoms with Crippen LogP contribution >= 0.6 is 11.6 Å². The Labute approximate surface area is 140 Å². The Bertz CT molecular complexity index is 670. The maximum atomic E-state index is 10.9. The highest BCUT2D eigenvalue weighted by Crippen LogP contribution is 2.22. The summed E-state index contributed by atoms with van der Waals surface area (Å²) in [6.45, 7) is 2.93. The second-order valence-electron chi connectivity index (χ2n) is 5.56. The van der Waals surface area contributed by atoms with Gasteiger partial charge in [0.25, 0.3) is 0 Å². The van der Waals surface area contributed by atoms with Gasteiger partial charge in [0.15, 0.2) is 0 Å². The van der Waals surface area contributed by atoms with Crippen LogP contribution in [0.4, 0.5) is 0 Å². The van der Waals surface area contributed by atoms with E-state index < -0.39 is 5.97 Å². The summed E-state index contributed by atoms with van der Waals surface area (Å²) in [6, 6.07) is 15.2. The van der Waals surface area contributed by atoms with Crippen molar-refractivity contribution in [2.75, 3.05) is 19.8 Å². The topological polar surface area (TPSA) is 49.8 Å². The Hall–Kier alpha value is -1.88. The van der Waals surface area contributed by atoms with Crippen LogP contribution in [0.2, 0.25) is 0 Å². The molecule has 0 aliphatic carbocycles. The summed E-state index contributed by atoms with van der Waals surface area (Å²) in [6.07, 6.45) is 0. The molecule has 0 saturated carbocycles. The third-order valence-corrected chi connectivity index (χ3v) is 4.38. The molecule has 2 aromatic rings. The predicted octanol–water partition coefficient (Wildman–Crippen LogP) is 3.45. The molecule has 1 aliphatic rings. The van der Waals surface area contributed by atoms with E-state index in [1.165, 1.54) is 5.56 Å². The van der Waals surface area contributed by atoms with Crippen LogP contribution in [0.5, 0.6) is 0 Å². The van der Waals surface area contributed by atoms with Crippen LogP contribution in [0.3, 0.4) is 0 Å². The molecule has 1 heterocycles. The van der Waals surface area contributed by atoms with Crippen LogP contribution in [0.25, 0.3) is 11.1 Å². The van der Waals surface area contributed by atoms with Crippen molar-refractivity contribution in [1.29, 1.82) is 0 Å². The van der Waals surface area contributed by atoms with Gasteiger partial charge in [-0.05, 0) is 28.8 Å². The van der Waals surface area contributed by atoms with Gasteiger partial charge in [-0.2, -0.15) is 0 Å². The number of rotatable bonds is 4.